The van der Waals surface area contributed by atoms with Crippen LogP contribution in [0.2, 0.25) is 0 Å². The molecule has 2 atom stereocenters. The minimum absolute atomic E-state index is 0.247. The van der Waals surface area contributed by atoms with Gasteiger partial charge in [-0.15, -0.1) is 11.6 Å². The van der Waals surface area contributed by atoms with E-state index in [0.717, 1.165) is 19.5 Å². The Bertz CT molecular complexity index is 413. The first-order chi connectivity index (χ1) is 8.61. The third-order valence-corrected chi connectivity index (χ3v) is 4.19. The summed E-state index contributed by atoms with van der Waals surface area (Å²) in [7, 11) is 1.49. The molecular formula is C14H19ClFNO. The molecule has 1 aromatic carbocycles. The number of methoxy groups -OCH3 is 1. The topological polar surface area (TPSA) is 12.5 Å². The number of nitrogens with zero attached hydrogens (tertiary/aromatic N) is 1. The molecule has 2 rings (SSSR count). The van der Waals surface area contributed by atoms with Gasteiger partial charge in [0.05, 0.1) is 7.11 Å². The van der Waals surface area contributed by atoms with Gasteiger partial charge in [-0.3, -0.25) is 4.90 Å². The van der Waals surface area contributed by atoms with Crippen molar-refractivity contribution in [3.05, 3.63) is 29.6 Å². The molecule has 0 spiro atoms. The third kappa shape index (κ3) is 2.96. The van der Waals surface area contributed by atoms with Gasteiger partial charge in [-0.2, -0.15) is 0 Å². The van der Waals surface area contributed by atoms with Crippen LogP contribution in [0.1, 0.15) is 18.9 Å². The van der Waals surface area contributed by atoms with Crippen molar-refractivity contribution in [3.8, 4) is 5.75 Å². The molecule has 1 heterocycles. The smallest absolute Gasteiger partial charge is 0.169 e. The van der Waals surface area contributed by atoms with Crippen LogP contribution in [-0.2, 0) is 6.54 Å². The molecular weight excluding hydrogens is 253 g/mol. The van der Waals surface area contributed by atoms with E-state index in [4.69, 9.17) is 16.3 Å². The summed E-state index contributed by atoms with van der Waals surface area (Å²) in [6, 6.07) is 5.29. The highest BCUT2D eigenvalue weighted by Crippen LogP contribution is 2.25. The molecule has 0 N–H and O–H groups in total. The first-order valence-electron chi connectivity index (χ1n) is 6.29. The second kappa shape index (κ2) is 5.89. The predicted molar refractivity (Wildman–Crippen MR) is 71.7 cm³/mol. The highest BCUT2D eigenvalue weighted by atomic mass is 35.5. The fraction of sp³-hybridized carbons (Fsp3) is 0.571. The number of piperidine rings is 1. The summed E-state index contributed by atoms with van der Waals surface area (Å²) in [5.74, 6) is 0.516. The number of benzene rings is 1. The van der Waals surface area contributed by atoms with Gasteiger partial charge in [-0.05, 0) is 24.9 Å². The molecule has 1 saturated heterocycles. The number of hydrogen-bond acceptors (Lipinski definition) is 2. The maximum Gasteiger partial charge on any atom is 0.169 e. The molecule has 1 aliphatic heterocycles. The molecule has 1 aliphatic rings. The van der Waals surface area contributed by atoms with E-state index in [1.165, 1.54) is 7.11 Å². The Morgan fingerprint density at radius 3 is 2.94 bits per heavy atom. The Labute approximate surface area is 113 Å². The van der Waals surface area contributed by atoms with Crippen molar-refractivity contribution in [3.63, 3.8) is 0 Å². The summed E-state index contributed by atoms with van der Waals surface area (Å²) < 4.78 is 19.0. The predicted octanol–water partition coefficient (Wildman–Crippen LogP) is 3.28. The van der Waals surface area contributed by atoms with Gasteiger partial charge >= 0.3 is 0 Å². The minimum Gasteiger partial charge on any atom is -0.494 e. The van der Waals surface area contributed by atoms with Gasteiger partial charge in [0.15, 0.2) is 11.6 Å². The monoisotopic (exact) mass is 271 g/mol. The van der Waals surface area contributed by atoms with Crippen LogP contribution >= 0.6 is 11.6 Å². The zero-order valence-corrected chi connectivity index (χ0v) is 11.6. The molecule has 2 unspecified atom stereocenters. The van der Waals surface area contributed by atoms with E-state index >= 15 is 0 Å². The van der Waals surface area contributed by atoms with Crippen LogP contribution in [0.5, 0.6) is 5.75 Å². The molecule has 0 saturated carbocycles. The standard InChI is InChI=1S/C14H19ClFNO/c1-10-8-17(7-6-12(10)15)9-11-4-3-5-13(18-2)14(11)16/h3-5,10,12H,6-9H2,1-2H3. The van der Waals surface area contributed by atoms with Crippen molar-refractivity contribution in [1.82, 2.24) is 4.90 Å². The molecule has 0 amide bonds. The molecule has 0 radical (unpaired) electrons. The summed E-state index contributed by atoms with van der Waals surface area (Å²) in [5.41, 5.74) is 0.689. The van der Waals surface area contributed by atoms with Crippen molar-refractivity contribution in [2.24, 2.45) is 5.92 Å². The van der Waals surface area contributed by atoms with E-state index in [-0.39, 0.29) is 11.2 Å². The lowest BCUT2D eigenvalue weighted by molar-refractivity contribution is 0.177. The molecule has 1 fully saturated rings. The van der Waals surface area contributed by atoms with Gasteiger partial charge in [0, 0.05) is 24.0 Å². The summed E-state index contributed by atoms with van der Waals surface area (Å²) in [6.45, 7) is 4.61. The molecule has 4 heteroatoms. The molecule has 18 heavy (non-hydrogen) atoms. The Morgan fingerprint density at radius 1 is 1.50 bits per heavy atom. The van der Waals surface area contributed by atoms with Gasteiger partial charge in [0.25, 0.3) is 0 Å². The van der Waals surface area contributed by atoms with Gasteiger partial charge in [0.2, 0.25) is 0 Å². The largest absolute Gasteiger partial charge is 0.494 e. The van der Waals surface area contributed by atoms with E-state index in [1.54, 1.807) is 6.07 Å². The van der Waals surface area contributed by atoms with Crippen molar-refractivity contribution in [1.29, 1.82) is 0 Å². The van der Waals surface area contributed by atoms with E-state index in [2.05, 4.69) is 11.8 Å². The lowest BCUT2D eigenvalue weighted by Gasteiger charge is -2.34. The first kappa shape index (κ1) is 13.6. The second-order valence-electron chi connectivity index (χ2n) is 4.95. The van der Waals surface area contributed by atoms with E-state index in [1.807, 2.05) is 12.1 Å². The maximum atomic E-state index is 14.0. The average Bonchev–Trinajstić information content (AvgIpc) is 2.36. The van der Waals surface area contributed by atoms with Crippen molar-refractivity contribution in [2.75, 3.05) is 20.2 Å². The lowest BCUT2D eigenvalue weighted by atomic mass is 9.99. The second-order valence-corrected chi connectivity index (χ2v) is 5.51. The van der Waals surface area contributed by atoms with E-state index < -0.39 is 0 Å². The third-order valence-electron chi connectivity index (χ3n) is 3.54. The molecule has 100 valence electrons. The Morgan fingerprint density at radius 2 is 2.28 bits per heavy atom. The summed E-state index contributed by atoms with van der Waals surface area (Å²) in [6.07, 6.45) is 0.967. The zero-order valence-electron chi connectivity index (χ0n) is 10.8. The fourth-order valence-corrected chi connectivity index (χ4v) is 2.60. The Hall–Kier alpha value is -0.800. The number of likely N-dealkylation sites (tertiary alicyclic amines) is 1. The molecule has 0 aliphatic carbocycles. The van der Waals surface area contributed by atoms with Crippen LogP contribution in [0.4, 0.5) is 4.39 Å². The lowest BCUT2D eigenvalue weighted by Crippen LogP contribution is -2.39. The number of halogens is 2. The Kier molecular flexibility index (Phi) is 4.46. The normalized spacial score (nSPS) is 25.1. The highest BCUT2D eigenvalue weighted by Gasteiger charge is 2.24. The van der Waals surface area contributed by atoms with Crippen LogP contribution in [0.25, 0.3) is 0 Å². The van der Waals surface area contributed by atoms with Crippen LogP contribution in [0.3, 0.4) is 0 Å². The number of hydrogen-bond donors (Lipinski definition) is 0. The molecule has 0 aromatic heterocycles. The first-order valence-corrected chi connectivity index (χ1v) is 6.73. The van der Waals surface area contributed by atoms with Crippen LogP contribution in [0.15, 0.2) is 18.2 Å². The van der Waals surface area contributed by atoms with Crippen molar-refractivity contribution < 1.29 is 9.13 Å². The fourth-order valence-electron chi connectivity index (χ4n) is 2.42. The van der Waals surface area contributed by atoms with Crippen LogP contribution in [0, 0.1) is 11.7 Å². The molecule has 0 bridgehead atoms. The van der Waals surface area contributed by atoms with Gasteiger partial charge in [-0.1, -0.05) is 19.1 Å². The number of alkyl halides is 1. The summed E-state index contributed by atoms with van der Waals surface area (Å²) >= 11 is 6.19. The SMILES string of the molecule is COc1cccc(CN2CCC(Cl)C(C)C2)c1F. The van der Waals surface area contributed by atoms with Crippen LogP contribution < -0.4 is 4.74 Å². The highest BCUT2D eigenvalue weighted by molar-refractivity contribution is 6.20. The minimum atomic E-state index is -0.249. The van der Waals surface area contributed by atoms with Gasteiger partial charge in [0.1, 0.15) is 0 Å². The maximum absolute atomic E-state index is 14.0. The van der Waals surface area contributed by atoms with Crippen molar-refractivity contribution in [2.45, 2.75) is 25.3 Å². The van der Waals surface area contributed by atoms with Gasteiger partial charge in [-0.25, -0.2) is 4.39 Å². The van der Waals surface area contributed by atoms with Crippen molar-refractivity contribution >= 4 is 11.6 Å². The summed E-state index contributed by atoms with van der Waals surface area (Å²) in [4.78, 5) is 2.25. The van der Waals surface area contributed by atoms with E-state index in [0.29, 0.717) is 23.8 Å². The number of ether oxygens (including phenoxy) is 1. The number of rotatable bonds is 3. The molecule has 2 nitrogen and oxygen atoms in total. The zero-order chi connectivity index (χ0) is 13.1. The van der Waals surface area contributed by atoms with Crippen LogP contribution in [-0.4, -0.2) is 30.5 Å². The Balaban J connectivity index is 2.06. The summed E-state index contributed by atoms with van der Waals surface area (Å²) in [5, 5.41) is 0.247. The quantitative estimate of drug-likeness (QED) is 0.783. The van der Waals surface area contributed by atoms with Gasteiger partial charge < -0.3 is 4.74 Å². The molecule has 1 aromatic rings. The van der Waals surface area contributed by atoms with E-state index in [9.17, 15) is 4.39 Å². The average molecular weight is 272 g/mol.